The Hall–Kier alpha value is -1.96. The zero-order valence-electron chi connectivity index (χ0n) is 20.8. The van der Waals surface area contributed by atoms with Gasteiger partial charge in [0.1, 0.15) is 11.5 Å². The van der Waals surface area contributed by atoms with E-state index in [1.165, 1.54) is 0 Å². The minimum atomic E-state index is -0.0318. The number of carbonyl (C=O) groups is 1. The average molecular weight is 573 g/mol. The molecule has 0 radical (unpaired) electrons. The van der Waals surface area contributed by atoms with E-state index >= 15 is 0 Å². The van der Waals surface area contributed by atoms with Crippen LogP contribution in [0.2, 0.25) is 10.0 Å². The molecule has 2 heterocycles. The van der Waals surface area contributed by atoms with Crippen LogP contribution in [0.5, 0.6) is 0 Å². The summed E-state index contributed by atoms with van der Waals surface area (Å²) in [7, 11) is 1.86. The monoisotopic (exact) mass is 571 g/mol. The fourth-order valence-electron chi connectivity index (χ4n) is 4.56. The number of aryl methyl sites for hydroxylation is 1. The number of hydrogen-bond acceptors (Lipinski definition) is 4. The van der Waals surface area contributed by atoms with Crippen LogP contribution in [0.1, 0.15) is 28.4 Å². The van der Waals surface area contributed by atoms with Crippen molar-refractivity contribution in [2.75, 3.05) is 51.2 Å². The number of para-hydroxylation sites is 1. The standard InChI is InChI=1S/C26H31Cl2N5O.2ClH/c1-19-25(29-20(2)33(19)21-9-5-4-6-10-21)26(34)30(3)13-8-14-31-15-17-32(18-16-31)23-12-7-11-22(27)24(23)28;;/h4-7,9-12H,8,13-18H2,1-3H3;2*1H. The first-order chi connectivity index (χ1) is 16.4. The number of imidazole rings is 1. The van der Waals surface area contributed by atoms with Crippen molar-refractivity contribution in [1.29, 1.82) is 0 Å². The number of hydrogen-bond donors (Lipinski definition) is 0. The Morgan fingerprint density at radius 2 is 1.64 bits per heavy atom. The summed E-state index contributed by atoms with van der Waals surface area (Å²) in [6, 6.07) is 15.8. The fourth-order valence-corrected chi connectivity index (χ4v) is 4.98. The molecule has 0 bridgehead atoms. The number of piperazine rings is 1. The van der Waals surface area contributed by atoms with Gasteiger partial charge in [-0.25, -0.2) is 4.98 Å². The Kier molecular flexibility index (Phi) is 11.4. The number of anilines is 1. The molecule has 1 aliphatic rings. The lowest BCUT2D eigenvalue weighted by Crippen LogP contribution is -2.47. The summed E-state index contributed by atoms with van der Waals surface area (Å²) in [5.41, 5.74) is 3.41. The van der Waals surface area contributed by atoms with Gasteiger partial charge < -0.3 is 14.4 Å². The van der Waals surface area contributed by atoms with Crippen LogP contribution in [-0.4, -0.2) is 71.6 Å². The molecule has 1 fully saturated rings. The van der Waals surface area contributed by atoms with E-state index in [9.17, 15) is 4.79 Å². The Morgan fingerprint density at radius 1 is 0.972 bits per heavy atom. The zero-order valence-corrected chi connectivity index (χ0v) is 23.9. The molecule has 6 nitrogen and oxygen atoms in total. The van der Waals surface area contributed by atoms with Gasteiger partial charge in [-0.15, -0.1) is 24.8 Å². The molecule has 1 aromatic heterocycles. The maximum atomic E-state index is 13.1. The number of aromatic nitrogens is 2. The maximum Gasteiger partial charge on any atom is 0.274 e. The molecule has 0 atom stereocenters. The molecule has 36 heavy (non-hydrogen) atoms. The highest BCUT2D eigenvalue weighted by Crippen LogP contribution is 2.32. The van der Waals surface area contributed by atoms with E-state index in [2.05, 4.69) is 14.8 Å². The number of benzene rings is 2. The molecule has 0 spiro atoms. The molecule has 196 valence electrons. The van der Waals surface area contributed by atoms with Crippen LogP contribution < -0.4 is 4.90 Å². The van der Waals surface area contributed by atoms with Gasteiger partial charge in [-0.2, -0.15) is 0 Å². The second-order valence-corrected chi connectivity index (χ2v) is 9.53. The molecule has 4 rings (SSSR count). The molecular formula is C26H33Cl4N5O. The van der Waals surface area contributed by atoms with Crippen molar-refractivity contribution >= 4 is 59.6 Å². The van der Waals surface area contributed by atoms with E-state index in [-0.39, 0.29) is 30.7 Å². The molecule has 0 unspecified atom stereocenters. The quantitative estimate of drug-likeness (QED) is 0.352. The van der Waals surface area contributed by atoms with E-state index in [0.717, 1.165) is 62.0 Å². The lowest BCUT2D eigenvalue weighted by molar-refractivity contribution is 0.0782. The summed E-state index contributed by atoms with van der Waals surface area (Å²) in [6.07, 6.45) is 0.914. The fraction of sp³-hybridized carbons (Fsp3) is 0.385. The van der Waals surface area contributed by atoms with Gasteiger partial charge in [-0.3, -0.25) is 9.69 Å². The molecule has 0 saturated carbocycles. The van der Waals surface area contributed by atoms with Crippen LogP contribution in [0.4, 0.5) is 5.69 Å². The highest BCUT2D eigenvalue weighted by Gasteiger charge is 2.23. The van der Waals surface area contributed by atoms with Crippen molar-refractivity contribution in [3.8, 4) is 5.69 Å². The van der Waals surface area contributed by atoms with Crippen molar-refractivity contribution in [3.05, 3.63) is 75.8 Å². The minimum Gasteiger partial charge on any atom is -0.368 e. The van der Waals surface area contributed by atoms with Crippen molar-refractivity contribution in [3.63, 3.8) is 0 Å². The van der Waals surface area contributed by atoms with E-state index in [1.807, 2.05) is 74.0 Å². The van der Waals surface area contributed by atoms with Gasteiger partial charge in [-0.05, 0) is 51.1 Å². The van der Waals surface area contributed by atoms with Crippen LogP contribution in [0.3, 0.4) is 0 Å². The van der Waals surface area contributed by atoms with Gasteiger partial charge in [0, 0.05) is 45.5 Å². The molecule has 0 N–H and O–H groups in total. The first kappa shape index (κ1) is 30.3. The molecule has 10 heteroatoms. The van der Waals surface area contributed by atoms with E-state index in [1.54, 1.807) is 4.90 Å². The summed E-state index contributed by atoms with van der Waals surface area (Å²) in [5, 5.41) is 1.21. The molecule has 1 amide bonds. The SMILES string of the molecule is Cc1nc(C(=O)N(C)CCCN2CCN(c3cccc(Cl)c3Cl)CC2)c(C)n1-c1ccccc1.Cl.Cl. The smallest absolute Gasteiger partial charge is 0.274 e. The first-order valence-corrected chi connectivity index (χ1v) is 12.4. The third kappa shape index (κ3) is 6.67. The Morgan fingerprint density at radius 3 is 2.31 bits per heavy atom. The van der Waals surface area contributed by atoms with Gasteiger partial charge in [0.2, 0.25) is 0 Å². The summed E-state index contributed by atoms with van der Waals surface area (Å²) >= 11 is 12.6. The largest absolute Gasteiger partial charge is 0.368 e. The van der Waals surface area contributed by atoms with Crippen molar-refractivity contribution in [2.24, 2.45) is 0 Å². The van der Waals surface area contributed by atoms with Crippen molar-refractivity contribution in [1.82, 2.24) is 19.4 Å². The molecule has 3 aromatic rings. The summed E-state index contributed by atoms with van der Waals surface area (Å²) in [5.74, 6) is 0.786. The number of rotatable bonds is 7. The van der Waals surface area contributed by atoms with E-state index in [4.69, 9.17) is 23.2 Å². The van der Waals surface area contributed by atoms with Crippen molar-refractivity contribution in [2.45, 2.75) is 20.3 Å². The molecule has 1 aliphatic heterocycles. The summed E-state index contributed by atoms with van der Waals surface area (Å²) in [4.78, 5) is 24.2. The lowest BCUT2D eigenvalue weighted by atomic mass is 10.2. The molecule has 2 aromatic carbocycles. The maximum absolute atomic E-state index is 13.1. The minimum absolute atomic E-state index is 0. The van der Waals surface area contributed by atoms with Crippen molar-refractivity contribution < 1.29 is 4.79 Å². The highest BCUT2D eigenvalue weighted by atomic mass is 35.5. The zero-order chi connectivity index (χ0) is 24.2. The van der Waals surface area contributed by atoms with Crippen LogP contribution in [-0.2, 0) is 0 Å². The van der Waals surface area contributed by atoms with Crippen LogP contribution in [0.15, 0.2) is 48.5 Å². The first-order valence-electron chi connectivity index (χ1n) is 11.6. The predicted molar refractivity (Wildman–Crippen MR) is 154 cm³/mol. The normalized spacial score (nSPS) is 13.6. The second-order valence-electron chi connectivity index (χ2n) is 8.75. The van der Waals surface area contributed by atoms with Gasteiger partial charge in [0.25, 0.3) is 5.91 Å². The van der Waals surface area contributed by atoms with Crippen LogP contribution in [0, 0.1) is 13.8 Å². The summed E-state index contributed by atoms with van der Waals surface area (Å²) < 4.78 is 2.03. The Balaban J connectivity index is 0.00000228. The Labute approximate surface area is 236 Å². The number of nitrogens with zero attached hydrogens (tertiary/aromatic N) is 5. The topological polar surface area (TPSA) is 44.6 Å². The third-order valence-corrected chi connectivity index (χ3v) is 7.26. The van der Waals surface area contributed by atoms with Crippen LogP contribution in [0.25, 0.3) is 5.69 Å². The number of halogens is 4. The van der Waals surface area contributed by atoms with Gasteiger partial charge >= 0.3 is 0 Å². The number of carbonyl (C=O) groups excluding carboxylic acids is 1. The van der Waals surface area contributed by atoms with Gasteiger partial charge in [0.05, 0.1) is 21.4 Å². The third-order valence-electron chi connectivity index (χ3n) is 6.45. The molecule has 1 saturated heterocycles. The van der Waals surface area contributed by atoms with Crippen LogP contribution >= 0.6 is 48.0 Å². The molecular weight excluding hydrogens is 540 g/mol. The summed E-state index contributed by atoms with van der Waals surface area (Å²) in [6.45, 7) is 9.27. The number of amides is 1. The van der Waals surface area contributed by atoms with E-state index < -0.39 is 0 Å². The average Bonchev–Trinajstić information content (AvgIpc) is 3.15. The molecule has 0 aliphatic carbocycles. The predicted octanol–water partition coefficient (Wildman–Crippen LogP) is 5.92. The highest BCUT2D eigenvalue weighted by molar-refractivity contribution is 6.43. The van der Waals surface area contributed by atoms with Gasteiger partial charge in [0.15, 0.2) is 0 Å². The lowest BCUT2D eigenvalue weighted by Gasteiger charge is -2.36. The van der Waals surface area contributed by atoms with E-state index in [0.29, 0.717) is 22.3 Å². The Bertz CT molecular complexity index is 1150. The van der Waals surface area contributed by atoms with Gasteiger partial charge in [-0.1, -0.05) is 47.5 Å². The second kappa shape index (κ2) is 13.5.